The molecule has 0 aliphatic carbocycles. The number of hydrogen-bond acceptors (Lipinski definition) is 3. The molecular weight excluding hydrogens is 285 g/mol. The number of pyridine rings is 1. The van der Waals surface area contributed by atoms with Gasteiger partial charge in [-0.3, -0.25) is 4.98 Å². The van der Waals surface area contributed by atoms with E-state index in [-0.39, 0.29) is 5.82 Å². The number of hydrogen-bond donors (Lipinski definition) is 2. The molecule has 0 radical (unpaired) electrons. The highest BCUT2D eigenvalue weighted by molar-refractivity contribution is 9.10. The fraction of sp³-hybridized carbons (Fsp3) is 0.0833. The van der Waals surface area contributed by atoms with Crippen LogP contribution in [0.25, 0.3) is 0 Å². The number of nitrogens with zero attached hydrogens (tertiary/aromatic N) is 1. The van der Waals surface area contributed by atoms with Crippen LogP contribution >= 0.6 is 15.9 Å². The van der Waals surface area contributed by atoms with Crippen LogP contribution in [0, 0.1) is 12.7 Å². The van der Waals surface area contributed by atoms with E-state index in [1.807, 2.05) is 6.92 Å². The van der Waals surface area contributed by atoms with Crippen molar-refractivity contribution >= 4 is 33.0 Å². The second-order valence-electron chi connectivity index (χ2n) is 3.69. The molecule has 0 aliphatic rings. The SMILES string of the molecule is Cc1ccc(F)c(Nc2c(N)cncc2Br)c1. The van der Waals surface area contributed by atoms with Crippen LogP contribution in [0.5, 0.6) is 0 Å². The minimum atomic E-state index is -0.321. The lowest BCUT2D eigenvalue weighted by molar-refractivity contribution is 0.631. The van der Waals surface area contributed by atoms with Gasteiger partial charge in [-0.15, -0.1) is 0 Å². The van der Waals surface area contributed by atoms with Gasteiger partial charge in [0.25, 0.3) is 0 Å². The van der Waals surface area contributed by atoms with Crippen molar-refractivity contribution in [2.24, 2.45) is 0 Å². The van der Waals surface area contributed by atoms with Crippen molar-refractivity contribution in [1.82, 2.24) is 4.98 Å². The third-order valence-corrected chi connectivity index (χ3v) is 2.91. The van der Waals surface area contributed by atoms with Crippen molar-refractivity contribution in [1.29, 1.82) is 0 Å². The van der Waals surface area contributed by atoms with Gasteiger partial charge in [0.05, 0.1) is 27.7 Å². The Bertz CT molecular complexity index is 537. The number of rotatable bonds is 2. The molecule has 1 aromatic heterocycles. The van der Waals surface area contributed by atoms with Crippen molar-refractivity contribution < 1.29 is 4.39 Å². The van der Waals surface area contributed by atoms with Crippen LogP contribution in [-0.4, -0.2) is 4.98 Å². The van der Waals surface area contributed by atoms with Crippen LogP contribution in [0.15, 0.2) is 35.1 Å². The van der Waals surface area contributed by atoms with Crippen LogP contribution in [0.2, 0.25) is 0 Å². The van der Waals surface area contributed by atoms with Gasteiger partial charge in [-0.1, -0.05) is 6.07 Å². The Morgan fingerprint density at radius 3 is 2.82 bits per heavy atom. The minimum absolute atomic E-state index is 0.321. The van der Waals surface area contributed by atoms with E-state index >= 15 is 0 Å². The average molecular weight is 296 g/mol. The molecule has 0 bridgehead atoms. The summed E-state index contributed by atoms with van der Waals surface area (Å²) in [5.41, 5.74) is 8.22. The zero-order chi connectivity index (χ0) is 12.4. The first kappa shape index (κ1) is 11.9. The number of aryl methyl sites for hydroxylation is 1. The molecule has 2 rings (SSSR count). The molecule has 0 fully saturated rings. The largest absolute Gasteiger partial charge is 0.396 e. The summed E-state index contributed by atoms with van der Waals surface area (Å²) in [6.45, 7) is 1.90. The summed E-state index contributed by atoms with van der Waals surface area (Å²) in [7, 11) is 0. The predicted molar refractivity (Wildman–Crippen MR) is 70.8 cm³/mol. The Morgan fingerprint density at radius 2 is 2.12 bits per heavy atom. The van der Waals surface area contributed by atoms with Gasteiger partial charge >= 0.3 is 0 Å². The zero-order valence-corrected chi connectivity index (χ0v) is 10.8. The average Bonchev–Trinajstić information content (AvgIpc) is 2.28. The quantitative estimate of drug-likeness (QED) is 0.890. The van der Waals surface area contributed by atoms with E-state index < -0.39 is 0 Å². The number of benzene rings is 1. The number of halogens is 2. The van der Waals surface area contributed by atoms with Gasteiger partial charge in [-0.25, -0.2) is 4.39 Å². The van der Waals surface area contributed by atoms with Crippen LogP contribution < -0.4 is 11.1 Å². The van der Waals surface area contributed by atoms with Gasteiger partial charge in [-0.2, -0.15) is 0 Å². The zero-order valence-electron chi connectivity index (χ0n) is 9.17. The first-order valence-electron chi connectivity index (χ1n) is 5.00. The van der Waals surface area contributed by atoms with Crippen LogP contribution in [0.3, 0.4) is 0 Å². The normalized spacial score (nSPS) is 10.3. The second kappa shape index (κ2) is 4.71. The molecule has 1 aromatic carbocycles. The maximum absolute atomic E-state index is 13.6. The molecule has 0 unspecified atom stereocenters. The van der Waals surface area contributed by atoms with E-state index in [4.69, 9.17) is 5.73 Å². The van der Waals surface area contributed by atoms with Crippen molar-refractivity contribution in [3.05, 3.63) is 46.4 Å². The summed E-state index contributed by atoms with van der Waals surface area (Å²) in [5, 5.41) is 2.96. The summed E-state index contributed by atoms with van der Waals surface area (Å²) in [6.07, 6.45) is 3.12. The molecule has 0 amide bonds. The molecule has 5 heteroatoms. The van der Waals surface area contributed by atoms with Crippen LogP contribution in [0.4, 0.5) is 21.5 Å². The van der Waals surface area contributed by atoms with Gasteiger partial charge in [0.15, 0.2) is 0 Å². The predicted octanol–water partition coefficient (Wildman–Crippen LogP) is 3.62. The molecule has 88 valence electrons. The Morgan fingerprint density at radius 1 is 1.35 bits per heavy atom. The lowest BCUT2D eigenvalue weighted by Gasteiger charge is -2.12. The second-order valence-corrected chi connectivity index (χ2v) is 4.55. The van der Waals surface area contributed by atoms with E-state index in [1.54, 1.807) is 18.3 Å². The molecule has 1 heterocycles. The first-order valence-corrected chi connectivity index (χ1v) is 5.79. The highest BCUT2D eigenvalue weighted by atomic mass is 79.9. The van der Waals surface area contributed by atoms with Gasteiger partial charge in [-0.05, 0) is 40.5 Å². The van der Waals surface area contributed by atoms with Crippen LogP contribution in [-0.2, 0) is 0 Å². The number of aromatic nitrogens is 1. The number of anilines is 3. The fourth-order valence-corrected chi connectivity index (χ4v) is 1.90. The van der Waals surface area contributed by atoms with Gasteiger partial charge in [0.2, 0.25) is 0 Å². The van der Waals surface area contributed by atoms with E-state index in [0.29, 0.717) is 21.5 Å². The summed E-state index contributed by atoms with van der Waals surface area (Å²) in [6, 6.07) is 4.86. The van der Waals surface area contributed by atoms with Crippen molar-refractivity contribution in [3.8, 4) is 0 Å². The first-order chi connectivity index (χ1) is 8.08. The van der Waals surface area contributed by atoms with Crippen molar-refractivity contribution in [2.45, 2.75) is 6.92 Å². The number of nitrogens with one attached hydrogen (secondary N) is 1. The summed E-state index contributed by atoms with van der Waals surface area (Å²) in [4.78, 5) is 3.92. The molecule has 0 atom stereocenters. The highest BCUT2D eigenvalue weighted by Gasteiger charge is 2.08. The van der Waals surface area contributed by atoms with Crippen molar-refractivity contribution in [3.63, 3.8) is 0 Å². The summed E-state index contributed by atoms with van der Waals surface area (Å²) >= 11 is 3.32. The van der Waals surface area contributed by atoms with Crippen molar-refractivity contribution in [2.75, 3.05) is 11.1 Å². The van der Waals surface area contributed by atoms with E-state index in [0.717, 1.165) is 5.56 Å². The Hall–Kier alpha value is -1.62. The van der Waals surface area contributed by atoms with E-state index in [2.05, 4.69) is 26.2 Å². The lowest BCUT2D eigenvalue weighted by atomic mass is 10.2. The Kier molecular flexibility index (Phi) is 3.28. The molecule has 0 saturated heterocycles. The smallest absolute Gasteiger partial charge is 0.146 e. The number of nitrogens with two attached hydrogens (primary N) is 1. The standard InChI is InChI=1S/C12H11BrFN3/c1-7-2-3-9(14)11(4-7)17-12-8(13)5-16-6-10(12)15/h2-6H,15H2,1H3,(H,16,17). The van der Waals surface area contributed by atoms with E-state index in [9.17, 15) is 4.39 Å². The molecule has 0 saturated carbocycles. The molecule has 3 nitrogen and oxygen atoms in total. The molecule has 2 aromatic rings. The third-order valence-electron chi connectivity index (χ3n) is 2.31. The monoisotopic (exact) mass is 295 g/mol. The van der Waals surface area contributed by atoms with Crippen LogP contribution in [0.1, 0.15) is 5.56 Å². The topological polar surface area (TPSA) is 50.9 Å². The highest BCUT2D eigenvalue weighted by Crippen LogP contribution is 2.31. The molecule has 17 heavy (non-hydrogen) atoms. The fourth-order valence-electron chi connectivity index (χ4n) is 1.45. The molecule has 0 spiro atoms. The maximum Gasteiger partial charge on any atom is 0.146 e. The minimum Gasteiger partial charge on any atom is -0.396 e. The Labute approximate surface area is 107 Å². The van der Waals surface area contributed by atoms with Gasteiger partial charge in [0.1, 0.15) is 5.82 Å². The molecule has 3 N–H and O–H groups in total. The summed E-state index contributed by atoms with van der Waals surface area (Å²) in [5.74, 6) is -0.321. The Balaban J connectivity index is 2.41. The number of nitrogen functional groups attached to an aromatic ring is 1. The molecule has 0 aliphatic heterocycles. The lowest BCUT2D eigenvalue weighted by Crippen LogP contribution is -2.00. The summed E-state index contributed by atoms with van der Waals surface area (Å²) < 4.78 is 14.3. The molecular formula is C12H11BrFN3. The van der Waals surface area contributed by atoms with Gasteiger partial charge in [0, 0.05) is 6.20 Å². The maximum atomic E-state index is 13.6. The van der Waals surface area contributed by atoms with Gasteiger partial charge < -0.3 is 11.1 Å². The third kappa shape index (κ3) is 2.55. The van der Waals surface area contributed by atoms with E-state index in [1.165, 1.54) is 12.3 Å².